The van der Waals surface area contributed by atoms with Gasteiger partial charge in [0.15, 0.2) is 0 Å². The van der Waals surface area contributed by atoms with E-state index in [0.29, 0.717) is 6.04 Å². The Bertz CT molecular complexity index is 189. The van der Waals surface area contributed by atoms with Crippen molar-refractivity contribution in [3.63, 3.8) is 0 Å². The summed E-state index contributed by atoms with van der Waals surface area (Å²) in [5.41, 5.74) is 5.95. The molecule has 2 N–H and O–H groups in total. The van der Waals surface area contributed by atoms with Crippen molar-refractivity contribution in [2.45, 2.75) is 53.0 Å². The van der Waals surface area contributed by atoms with Gasteiger partial charge in [0, 0.05) is 25.7 Å². The highest BCUT2D eigenvalue weighted by Crippen LogP contribution is 2.28. The first kappa shape index (κ1) is 14.0. The molecule has 1 heterocycles. The third-order valence-corrected chi connectivity index (χ3v) is 4.34. The molecule has 0 radical (unpaired) electrons. The summed E-state index contributed by atoms with van der Waals surface area (Å²) in [4.78, 5) is 2.66. The number of nitrogens with zero attached hydrogens (tertiary/aromatic N) is 1. The molecule has 0 amide bonds. The molecule has 1 aliphatic rings. The summed E-state index contributed by atoms with van der Waals surface area (Å²) in [6.07, 6.45) is 3.95. The number of nitrogens with two attached hydrogens (primary N) is 1. The third-order valence-electron chi connectivity index (χ3n) is 4.34. The molecule has 0 spiro atoms. The van der Waals surface area contributed by atoms with Crippen molar-refractivity contribution < 1.29 is 0 Å². The SMILES string of the molecule is CCC(CC)CN1CC(C)CC(C)C1CN. The van der Waals surface area contributed by atoms with Crippen molar-refractivity contribution in [2.75, 3.05) is 19.6 Å². The lowest BCUT2D eigenvalue weighted by Gasteiger charge is -2.43. The van der Waals surface area contributed by atoms with Gasteiger partial charge < -0.3 is 5.73 Å². The molecule has 0 aromatic carbocycles. The lowest BCUT2D eigenvalue weighted by molar-refractivity contribution is 0.0577. The van der Waals surface area contributed by atoms with E-state index in [2.05, 4.69) is 32.6 Å². The maximum absolute atomic E-state index is 5.95. The first-order valence-corrected chi connectivity index (χ1v) is 7.06. The summed E-state index contributed by atoms with van der Waals surface area (Å²) in [6.45, 7) is 12.7. The van der Waals surface area contributed by atoms with E-state index in [1.807, 2.05) is 0 Å². The molecule has 0 aliphatic carbocycles. The highest BCUT2D eigenvalue weighted by Gasteiger charge is 2.31. The predicted octanol–water partition coefficient (Wildman–Crippen LogP) is 2.73. The van der Waals surface area contributed by atoms with Gasteiger partial charge in [0.1, 0.15) is 0 Å². The van der Waals surface area contributed by atoms with Gasteiger partial charge in [0.25, 0.3) is 0 Å². The van der Waals surface area contributed by atoms with Crippen LogP contribution in [-0.2, 0) is 0 Å². The Balaban J connectivity index is 2.59. The molecule has 3 atom stereocenters. The maximum atomic E-state index is 5.95. The van der Waals surface area contributed by atoms with E-state index in [0.717, 1.165) is 24.3 Å². The van der Waals surface area contributed by atoms with Gasteiger partial charge >= 0.3 is 0 Å². The largest absolute Gasteiger partial charge is 0.329 e. The Hall–Kier alpha value is -0.0800. The van der Waals surface area contributed by atoms with Gasteiger partial charge in [0.2, 0.25) is 0 Å². The maximum Gasteiger partial charge on any atom is 0.0244 e. The number of hydrogen-bond donors (Lipinski definition) is 1. The van der Waals surface area contributed by atoms with E-state index in [9.17, 15) is 0 Å². The van der Waals surface area contributed by atoms with E-state index in [4.69, 9.17) is 5.73 Å². The van der Waals surface area contributed by atoms with E-state index < -0.39 is 0 Å². The molecule has 1 fully saturated rings. The third kappa shape index (κ3) is 3.46. The fraction of sp³-hybridized carbons (Fsp3) is 1.00. The summed E-state index contributed by atoms with van der Waals surface area (Å²) in [5, 5.41) is 0. The fourth-order valence-corrected chi connectivity index (χ4v) is 3.23. The molecule has 96 valence electrons. The van der Waals surface area contributed by atoms with Crippen LogP contribution in [0.1, 0.15) is 47.0 Å². The topological polar surface area (TPSA) is 29.3 Å². The number of likely N-dealkylation sites (tertiary alicyclic amines) is 1. The van der Waals surface area contributed by atoms with Crippen LogP contribution in [0.3, 0.4) is 0 Å². The molecule has 2 nitrogen and oxygen atoms in total. The second-order valence-electron chi connectivity index (χ2n) is 5.76. The Kier molecular flexibility index (Phi) is 5.77. The van der Waals surface area contributed by atoms with Gasteiger partial charge in [-0.2, -0.15) is 0 Å². The van der Waals surface area contributed by atoms with Gasteiger partial charge in [-0.15, -0.1) is 0 Å². The zero-order valence-electron chi connectivity index (χ0n) is 11.6. The average molecular weight is 226 g/mol. The zero-order valence-corrected chi connectivity index (χ0v) is 11.6. The summed E-state index contributed by atoms with van der Waals surface area (Å²) in [7, 11) is 0. The summed E-state index contributed by atoms with van der Waals surface area (Å²) < 4.78 is 0. The Morgan fingerprint density at radius 1 is 1.25 bits per heavy atom. The van der Waals surface area contributed by atoms with Crippen molar-refractivity contribution in [2.24, 2.45) is 23.5 Å². The summed E-state index contributed by atoms with van der Waals surface area (Å²) >= 11 is 0. The van der Waals surface area contributed by atoms with E-state index in [1.165, 1.54) is 32.4 Å². The molecule has 1 aliphatic heterocycles. The van der Waals surface area contributed by atoms with Crippen molar-refractivity contribution >= 4 is 0 Å². The fourth-order valence-electron chi connectivity index (χ4n) is 3.23. The molecule has 1 saturated heterocycles. The van der Waals surface area contributed by atoms with Crippen molar-refractivity contribution in [1.82, 2.24) is 4.90 Å². The predicted molar refractivity (Wildman–Crippen MR) is 71.4 cm³/mol. The summed E-state index contributed by atoms with van der Waals surface area (Å²) in [6, 6.07) is 0.622. The average Bonchev–Trinajstić information content (AvgIpc) is 2.25. The van der Waals surface area contributed by atoms with Gasteiger partial charge in [-0.25, -0.2) is 0 Å². The highest BCUT2D eigenvalue weighted by atomic mass is 15.2. The van der Waals surface area contributed by atoms with Crippen molar-refractivity contribution in [1.29, 1.82) is 0 Å². The van der Waals surface area contributed by atoms with Gasteiger partial charge in [-0.1, -0.05) is 40.5 Å². The van der Waals surface area contributed by atoms with Gasteiger partial charge in [-0.05, 0) is 24.2 Å². The monoisotopic (exact) mass is 226 g/mol. The van der Waals surface area contributed by atoms with Crippen LogP contribution >= 0.6 is 0 Å². The summed E-state index contributed by atoms with van der Waals surface area (Å²) in [5.74, 6) is 2.46. The number of rotatable bonds is 5. The molecular weight excluding hydrogens is 196 g/mol. The zero-order chi connectivity index (χ0) is 12.1. The molecule has 0 aromatic heterocycles. The number of hydrogen-bond acceptors (Lipinski definition) is 2. The van der Waals surface area contributed by atoms with Crippen LogP contribution in [0.5, 0.6) is 0 Å². The van der Waals surface area contributed by atoms with E-state index in [-0.39, 0.29) is 0 Å². The normalized spacial score (nSPS) is 32.2. The first-order valence-electron chi connectivity index (χ1n) is 7.06. The van der Waals surface area contributed by atoms with Gasteiger partial charge in [-0.3, -0.25) is 4.90 Å². The molecule has 16 heavy (non-hydrogen) atoms. The van der Waals surface area contributed by atoms with E-state index >= 15 is 0 Å². The Labute approximate surface area is 102 Å². The second kappa shape index (κ2) is 6.61. The lowest BCUT2D eigenvalue weighted by Crippen LogP contribution is -2.52. The molecule has 2 heteroatoms. The Morgan fingerprint density at radius 3 is 2.38 bits per heavy atom. The van der Waals surface area contributed by atoms with Gasteiger partial charge in [0.05, 0.1) is 0 Å². The smallest absolute Gasteiger partial charge is 0.0244 e. The van der Waals surface area contributed by atoms with Crippen LogP contribution < -0.4 is 5.73 Å². The van der Waals surface area contributed by atoms with Crippen LogP contribution in [0.15, 0.2) is 0 Å². The minimum atomic E-state index is 0.622. The molecule has 3 unspecified atom stereocenters. The minimum absolute atomic E-state index is 0.622. The van der Waals surface area contributed by atoms with Crippen LogP contribution in [0, 0.1) is 17.8 Å². The molecule has 0 saturated carbocycles. The molecule has 1 rings (SSSR count). The lowest BCUT2D eigenvalue weighted by atomic mass is 9.84. The molecule has 0 bridgehead atoms. The second-order valence-corrected chi connectivity index (χ2v) is 5.76. The van der Waals surface area contributed by atoms with E-state index in [1.54, 1.807) is 0 Å². The van der Waals surface area contributed by atoms with Crippen molar-refractivity contribution in [3.8, 4) is 0 Å². The minimum Gasteiger partial charge on any atom is -0.329 e. The molecular formula is C14H30N2. The quantitative estimate of drug-likeness (QED) is 0.781. The van der Waals surface area contributed by atoms with Crippen LogP contribution in [0.2, 0.25) is 0 Å². The van der Waals surface area contributed by atoms with Crippen LogP contribution in [-0.4, -0.2) is 30.6 Å². The molecule has 0 aromatic rings. The number of piperidine rings is 1. The van der Waals surface area contributed by atoms with Crippen molar-refractivity contribution in [3.05, 3.63) is 0 Å². The van der Waals surface area contributed by atoms with Crippen LogP contribution in [0.4, 0.5) is 0 Å². The van der Waals surface area contributed by atoms with Crippen LogP contribution in [0.25, 0.3) is 0 Å². The Morgan fingerprint density at radius 2 is 1.88 bits per heavy atom. The highest BCUT2D eigenvalue weighted by molar-refractivity contribution is 4.86. The first-order chi connectivity index (χ1) is 7.62. The standard InChI is InChI=1S/C14H30N2/c1-5-13(6-2)10-16-9-11(3)7-12(4)14(16)8-15/h11-14H,5-10,15H2,1-4H3.